The van der Waals surface area contributed by atoms with E-state index in [1.54, 1.807) is 24.3 Å². The lowest BCUT2D eigenvalue weighted by atomic mass is 10.1. The van der Waals surface area contributed by atoms with Gasteiger partial charge in [-0.25, -0.2) is 4.79 Å². The van der Waals surface area contributed by atoms with Gasteiger partial charge in [0.2, 0.25) is 5.91 Å². The van der Waals surface area contributed by atoms with Crippen molar-refractivity contribution in [3.63, 3.8) is 0 Å². The van der Waals surface area contributed by atoms with E-state index in [4.69, 9.17) is 0 Å². The third-order valence-electron chi connectivity index (χ3n) is 2.80. The van der Waals surface area contributed by atoms with Crippen LogP contribution in [0.1, 0.15) is 27.7 Å². The van der Waals surface area contributed by atoms with Crippen LogP contribution in [0.5, 0.6) is 0 Å². The molecule has 1 aromatic carbocycles. The van der Waals surface area contributed by atoms with E-state index in [1.165, 1.54) is 6.92 Å². The minimum absolute atomic E-state index is 0.0959. The quantitative estimate of drug-likeness (QED) is 0.781. The summed E-state index contributed by atoms with van der Waals surface area (Å²) in [7, 11) is 0. The number of amides is 3. The van der Waals surface area contributed by atoms with Crippen LogP contribution in [0, 0.1) is 5.92 Å². The van der Waals surface area contributed by atoms with Crippen LogP contribution in [0.2, 0.25) is 0 Å². The van der Waals surface area contributed by atoms with Crippen molar-refractivity contribution in [3.05, 3.63) is 24.3 Å². The summed E-state index contributed by atoms with van der Waals surface area (Å²) in [5, 5.41) is 8.26. The highest BCUT2D eigenvalue weighted by Gasteiger charge is 2.10. The second kappa shape index (κ2) is 6.78. The van der Waals surface area contributed by atoms with E-state index in [-0.39, 0.29) is 18.0 Å². The van der Waals surface area contributed by atoms with Crippen LogP contribution >= 0.6 is 0 Å². The molecule has 0 unspecified atom stereocenters. The maximum absolute atomic E-state index is 11.8. The van der Waals surface area contributed by atoms with Crippen LogP contribution in [0.4, 0.5) is 16.2 Å². The largest absolute Gasteiger partial charge is 0.335 e. The first kappa shape index (κ1) is 15.0. The number of hydrogen-bond acceptors (Lipinski definition) is 2. The second-order valence-corrected chi connectivity index (χ2v) is 4.89. The van der Waals surface area contributed by atoms with Crippen molar-refractivity contribution >= 4 is 23.3 Å². The van der Waals surface area contributed by atoms with Crippen molar-refractivity contribution in [2.45, 2.75) is 33.7 Å². The molecule has 19 heavy (non-hydrogen) atoms. The van der Waals surface area contributed by atoms with Crippen molar-refractivity contribution in [1.29, 1.82) is 0 Å². The Morgan fingerprint density at radius 1 is 1.05 bits per heavy atom. The number of carbonyl (C=O) groups is 2. The Hall–Kier alpha value is -2.04. The molecular weight excluding hydrogens is 242 g/mol. The molecule has 1 atom stereocenters. The van der Waals surface area contributed by atoms with Gasteiger partial charge in [-0.05, 0) is 31.0 Å². The maximum Gasteiger partial charge on any atom is 0.319 e. The topological polar surface area (TPSA) is 70.2 Å². The molecule has 3 amide bonds. The Labute approximate surface area is 113 Å². The summed E-state index contributed by atoms with van der Waals surface area (Å²) < 4.78 is 0. The van der Waals surface area contributed by atoms with Crippen LogP contribution < -0.4 is 16.0 Å². The van der Waals surface area contributed by atoms with E-state index in [9.17, 15) is 9.59 Å². The molecule has 0 aliphatic carbocycles. The highest BCUT2D eigenvalue weighted by atomic mass is 16.2. The number of carbonyl (C=O) groups excluding carboxylic acids is 2. The van der Waals surface area contributed by atoms with Crippen molar-refractivity contribution in [3.8, 4) is 0 Å². The van der Waals surface area contributed by atoms with Crippen molar-refractivity contribution in [2.24, 2.45) is 5.92 Å². The molecule has 5 heteroatoms. The number of benzene rings is 1. The second-order valence-electron chi connectivity index (χ2n) is 4.89. The molecule has 0 aliphatic heterocycles. The summed E-state index contributed by atoms with van der Waals surface area (Å²) in [5.41, 5.74) is 1.29. The smallest absolute Gasteiger partial charge is 0.319 e. The molecular formula is C14H21N3O2. The summed E-state index contributed by atoms with van der Waals surface area (Å²) >= 11 is 0. The third-order valence-corrected chi connectivity index (χ3v) is 2.80. The molecule has 3 N–H and O–H groups in total. The molecule has 0 fully saturated rings. The molecule has 104 valence electrons. The first-order chi connectivity index (χ1) is 8.88. The predicted octanol–water partition coefficient (Wildman–Crippen LogP) is 2.81. The van der Waals surface area contributed by atoms with Gasteiger partial charge in [-0.3, -0.25) is 4.79 Å². The van der Waals surface area contributed by atoms with Gasteiger partial charge in [0.05, 0.1) is 0 Å². The highest BCUT2D eigenvalue weighted by Crippen LogP contribution is 2.15. The van der Waals surface area contributed by atoms with E-state index in [2.05, 4.69) is 16.0 Å². The monoisotopic (exact) mass is 263 g/mol. The molecule has 0 spiro atoms. The summed E-state index contributed by atoms with van der Waals surface area (Å²) in [6.07, 6.45) is 0. The van der Waals surface area contributed by atoms with Crippen LogP contribution in [-0.4, -0.2) is 18.0 Å². The van der Waals surface area contributed by atoms with E-state index >= 15 is 0 Å². The summed E-state index contributed by atoms with van der Waals surface area (Å²) in [6, 6.07) is 6.86. The Bertz CT molecular complexity index is 458. The number of rotatable bonds is 4. The van der Waals surface area contributed by atoms with E-state index in [0.717, 1.165) is 0 Å². The molecule has 1 rings (SSSR count). The molecule has 0 radical (unpaired) electrons. The van der Waals surface area contributed by atoms with Gasteiger partial charge in [-0.15, -0.1) is 0 Å². The number of anilines is 2. The Morgan fingerprint density at radius 3 is 2.16 bits per heavy atom. The van der Waals surface area contributed by atoms with Gasteiger partial charge in [-0.2, -0.15) is 0 Å². The molecule has 1 aromatic rings. The van der Waals surface area contributed by atoms with Gasteiger partial charge in [-0.1, -0.05) is 19.9 Å². The average Bonchev–Trinajstić information content (AvgIpc) is 2.27. The molecule has 0 bridgehead atoms. The fraction of sp³-hybridized carbons (Fsp3) is 0.429. The van der Waals surface area contributed by atoms with Gasteiger partial charge in [0, 0.05) is 24.3 Å². The van der Waals surface area contributed by atoms with E-state index in [0.29, 0.717) is 17.3 Å². The Balaban J connectivity index is 2.61. The first-order valence-electron chi connectivity index (χ1n) is 6.33. The summed E-state index contributed by atoms with van der Waals surface area (Å²) in [5.74, 6) is 0.228. The normalized spacial score (nSPS) is 11.8. The summed E-state index contributed by atoms with van der Waals surface area (Å²) in [6.45, 7) is 7.49. The molecule has 0 aliphatic rings. The third kappa shape index (κ3) is 5.42. The van der Waals surface area contributed by atoms with Gasteiger partial charge in [0.25, 0.3) is 0 Å². The highest BCUT2D eigenvalue weighted by molar-refractivity contribution is 5.92. The van der Waals surface area contributed by atoms with E-state index in [1.807, 2.05) is 20.8 Å². The van der Waals surface area contributed by atoms with Gasteiger partial charge in [0.15, 0.2) is 0 Å². The summed E-state index contributed by atoms with van der Waals surface area (Å²) in [4.78, 5) is 22.7. The van der Waals surface area contributed by atoms with Crippen LogP contribution in [0.15, 0.2) is 24.3 Å². The van der Waals surface area contributed by atoms with Crippen molar-refractivity contribution in [1.82, 2.24) is 5.32 Å². The van der Waals surface area contributed by atoms with Crippen LogP contribution in [0.3, 0.4) is 0 Å². The SMILES string of the molecule is CC(=O)Nc1cccc(NC(=O)N[C@H](C)C(C)C)c1. The van der Waals surface area contributed by atoms with Crippen LogP contribution in [-0.2, 0) is 4.79 Å². The Morgan fingerprint density at radius 2 is 1.63 bits per heavy atom. The standard InChI is InChI=1S/C14H21N3O2/c1-9(2)10(3)15-14(19)17-13-7-5-6-12(8-13)16-11(4)18/h5-10H,1-4H3,(H,16,18)(H2,15,17,19)/t10-/m1/s1. The van der Waals surface area contributed by atoms with Crippen molar-refractivity contribution < 1.29 is 9.59 Å². The van der Waals surface area contributed by atoms with Gasteiger partial charge in [0.1, 0.15) is 0 Å². The molecule has 0 heterocycles. The number of urea groups is 1. The molecule has 0 aromatic heterocycles. The lowest BCUT2D eigenvalue weighted by Crippen LogP contribution is -2.38. The first-order valence-corrected chi connectivity index (χ1v) is 6.33. The lowest BCUT2D eigenvalue weighted by Gasteiger charge is -2.18. The van der Waals surface area contributed by atoms with E-state index < -0.39 is 0 Å². The predicted molar refractivity (Wildman–Crippen MR) is 77.2 cm³/mol. The maximum atomic E-state index is 11.8. The zero-order valence-electron chi connectivity index (χ0n) is 11.8. The minimum atomic E-state index is -0.249. The molecule has 0 saturated carbocycles. The molecule has 5 nitrogen and oxygen atoms in total. The minimum Gasteiger partial charge on any atom is -0.335 e. The fourth-order valence-electron chi connectivity index (χ4n) is 1.42. The zero-order chi connectivity index (χ0) is 14.4. The molecule has 0 saturated heterocycles. The van der Waals surface area contributed by atoms with Crippen LogP contribution in [0.25, 0.3) is 0 Å². The average molecular weight is 263 g/mol. The zero-order valence-corrected chi connectivity index (χ0v) is 11.8. The fourth-order valence-corrected chi connectivity index (χ4v) is 1.42. The Kier molecular flexibility index (Phi) is 5.36. The van der Waals surface area contributed by atoms with Crippen molar-refractivity contribution in [2.75, 3.05) is 10.6 Å². The number of nitrogens with one attached hydrogen (secondary N) is 3. The lowest BCUT2D eigenvalue weighted by molar-refractivity contribution is -0.114. The van der Waals surface area contributed by atoms with Gasteiger partial charge >= 0.3 is 6.03 Å². The van der Waals surface area contributed by atoms with Gasteiger partial charge < -0.3 is 16.0 Å². The number of hydrogen-bond donors (Lipinski definition) is 3.